The Labute approximate surface area is 187 Å². The summed E-state index contributed by atoms with van der Waals surface area (Å²) in [5, 5.41) is 14.0. The minimum absolute atomic E-state index is 0.195. The Kier molecular flexibility index (Phi) is 5.86. The van der Waals surface area contributed by atoms with Gasteiger partial charge in [0, 0.05) is 42.7 Å². The lowest BCUT2D eigenvalue weighted by atomic mass is 10.1. The minimum Gasteiger partial charge on any atom is -0.326 e. The maximum Gasteiger partial charge on any atom is 0.264 e. The number of hydrogen-bond donors (Lipinski definition) is 2. The molecule has 2 N–H and O–H groups in total. The SMILES string of the molecule is CC(=O)Nc1ccc(NC(=O)Cn2nc(C)c3c(C(F)F)cc(-c4cnn(C)c4)nc32)cc1. The lowest BCUT2D eigenvalue weighted by molar-refractivity contribution is -0.117. The molecule has 33 heavy (non-hydrogen) atoms. The number of amides is 2. The Morgan fingerprint density at radius 1 is 1.12 bits per heavy atom. The molecular formula is C22H21F2N7O2. The summed E-state index contributed by atoms with van der Waals surface area (Å²) < 4.78 is 30.6. The van der Waals surface area contributed by atoms with Gasteiger partial charge in [0.05, 0.1) is 23.0 Å². The van der Waals surface area contributed by atoms with E-state index in [9.17, 15) is 18.4 Å². The van der Waals surface area contributed by atoms with Gasteiger partial charge in [-0.05, 0) is 37.3 Å². The zero-order chi connectivity index (χ0) is 23.7. The number of anilines is 2. The van der Waals surface area contributed by atoms with Gasteiger partial charge < -0.3 is 10.6 Å². The van der Waals surface area contributed by atoms with Gasteiger partial charge in [-0.2, -0.15) is 10.2 Å². The van der Waals surface area contributed by atoms with Crippen molar-refractivity contribution < 1.29 is 18.4 Å². The smallest absolute Gasteiger partial charge is 0.264 e. The number of benzene rings is 1. The Hall–Kier alpha value is -4.15. The van der Waals surface area contributed by atoms with Gasteiger partial charge in [-0.3, -0.25) is 14.3 Å². The molecule has 2 amide bonds. The molecule has 0 aliphatic rings. The van der Waals surface area contributed by atoms with Gasteiger partial charge in [-0.25, -0.2) is 18.4 Å². The molecule has 0 bridgehead atoms. The maximum absolute atomic E-state index is 13.9. The molecule has 0 fully saturated rings. The summed E-state index contributed by atoms with van der Waals surface area (Å²) in [6.07, 6.45) is 0.473. The fourth-order valence-corrected chi connectivity index (χ4v) is 3.55. The number of nitrogens with one attached hydrogen (secondary N) is 2. The molecule has 0 spiro atoms. The lowest BCUT2D eigenvalue weighted by Gasteiger charge is -2.09. The van der Waals surface area contributed by atoms with E-state index in [0.717, 1.165) is 0 Å². The molecule has 0 saturated heterocycles. The van der Waals surface area contributed by atoms with E-state index < -0.39 is 12.3 Å². The van der Waals surface area contributed by atoms with Gasteiger partial charge >= 0.3 is 0 Å². The van der Waals surface area contributed by atoms with Crippen LogP contribution in [-0.4, -0.2) is 36.4 Å². The average molecular weight is 453 g/mol. The summed E-state index contributed by atoms with van der Waals surface area (Å²) in [4.78, 5) is 28.3. The quantitative estimate of drug-likeness (QED) is 0.463. The van der Waals surface area contributed by atoms with E-state index in [1.54, 1.807) is 49.1 Å². The van der Waals surface area contributed by atoms with Crippen LogP contribution < -0.4 is 10.6 Å². The fourth-order valence-electron chi connectivity index (χ4n) is 3.55. The highest BCUT2D eigenvalue weighted by Crippen LogP contribution is 2.33. The summed E-state index contributed by atoms with van der Waals surface area (Å²) in [6.45, 7) is 2.79. The first kappa shape index (κ1) is 22.1. The lowest BCUT2D eigenvalue weighted by Crippen LogP contribution is -2.20. The topological polar surface area (TPSA) is 107 Å². The Balaban J connectivity index is 1.64. The van der Waals surface area contributed by atoms with Crippen LogP contribution in [0.2, 0.25) is 0 Å². The predicted molar refractivity (Wildman–Crippen MR) is 119 cm³/mol. The number of halogens is 2. The van der Waals surface area contributed by atoms with E-state index in [4.69, 9.17) is 0 Å². The molecule has 0 saturated carbocycles. The third-order valence-electron chi connectivity index (χ3n) is 4.93. The highest BCUT2D eigenvalue weighted by molar-refractivity contribution is 5.93. The number of aromatic nitrogens is 5. The zero-order valence-electron chi connectivity index (χ0n) is 18.1. The van der Waals surface area contributed by atoms with Crippen molar-refractivity contribution in [3.8, 4) is 11.3 Å². The highest BCUT2D eigenvalue weighted by Gasteiger charge is 2.22. The van der Waals surface area contributed by atoms with Crippen molar-refractivity contribution in [3.05, 3.63) is 54.0 Å². The molecule has 0 atom stereocenters. The van der Waals surface area contributed by atoms with Crippen LogP contribution in [0.5, 0.6) is 0 Å². The molecule has 3 aromatic heterocycles. The summed E-state index contributed by atoms with van der Waals surface area (Å²) in [7, 11) is 1.72. The van der Waals surface area contributed by atoms with Crippen LogP contribution in [0, 0.1) is 6.92 Å². The molecule has 4 aromatic rings. The molecule has 1 aromatic carbocycles. The first-order valence-corrected chi connectivity index (χ1v) is 10.0. The van der Waals surface area contributed by atoms with Crippen LogP contribution in [0.15, 0.2) is 42.7 Å². The first-order valence-electron chi connectivity index (χ1n) is 10.0. The molecule has 170 valence electrons. The molecule has 0 unspecified atom stereocenters. The number of hydrogen-bond acceptors (Lipinski definition) is 5. The number of fused-ring (bicyclic) bond motifs is 1. The number of rotatable bonds is 6. The molecule has 11 heteroatoms. The number of aryl methyl sites for hydroxylation is 2. The fraction of sp³-hybridized carbons (Fsp3) is 0.227. The van der Waals surface area contributed by atoms with Gasteiger partial charge in [-0.15, -0.1) is 0 Å². The van der Waals surface area contributed by atoms with Crippen molar-refractivity contribution in [2.45, 2.75) is 26.8 Å². The molecule has 9 nitrogen and oxygen atoms in total. The van der Waals surface area contributed by atoms with Gasteiger partial charge in [0.15, 0.2) is 5.65 Å². The number of alkyl halides is 2. The molecule has 0 aliphatic carbocycles. The number of nitrogens with zero attached hydrogens (tertiary/aromatic N) is 5. The van der Waals surface area contributed by atoms with E-state index in [1.807, 2.05) is 0 Å². The monoisotopic (exact) mass is 453 g/mol. The summed E-state index contributed by atoms with van der Waals surface area (Å²) in [5.74, 6) is -0.604. The second-order valence-corrected chi connectivity index (χ2v) is 7.55. The van der Waals surface area contributed by atoms with Crippen molar-refractivity contribution >= 4 is 34.2 Å². The van der Waals surface area contributed by atoms with E-state index in [2.05, 4.69) is 25.8 Å². The highest BCUT2D eigenvalue weighted by atomic mass is 19.3. The first-order chi connectivity index (χ1) is 15.7. The van der Waals surface area contributed by atoms with Crippen molar-refractivity contribution in [1.29, 1.82) is 0 Å². The van der Waals surface area contributed by atoms with Gasteiger partial charge in [0.2, 0.25) is 11.8 Å². The molecule has 0 radical (unpaired) electrons. The van der Waals surface area contributed by atoms with Crippen molar-refractivity contribution in [1.82, 2.24) is 24.5 Å². The molecule has 0 aliphatic heterocycles. The minimum atomic E-state index is -2.74. The van der Waals surface area contributed by atoms with Crippen LogP contribution in [0.1, 0.15) is 24.6 Å². The summed E-state index contributed by atoms with van der Waals surface area (Å²) in [6, 6.07) is 7.93. The second-order valence-electron chi connectivity index (χ2n) is 7.55. The Morgan fingerprint density at radius 3 is 2.36 bits per heavy atom. The van der Waals surface area contributed by atoms with Crippen LogP contribution in [0.3, 0.4) is 0 Å². The van der Waals surface area contributed by atoms with E-state index in [-0.39, 0.29) is 29.0 Å². The molecular weight excluding hydrogens is 432 g/mol. The van der Waals surface area contributed by atoms with Crippen LogP contribution in [-0.2, 0) is 23.2 Å². The maximum atomic E-state index is 13.9. The van der Waals surface area contributed by atoms with Gasteiger partial charge in [-0.1, -0.05) is 0 Å². The van der Waals surface area contributed by atoms with E-state index >= 15 is 0 Å². The number of pyridine rings is 1. The van der Waals surface area contributed by atoms with Crippen molar-refractivity contribution in [2.24, 2.45) is 7.05 Å². The predicted octanol–water partition coefficient (Wildman–Crippen LogP) is 3.67. The van der Waals surface area contributed by atoms with Crippen LogP contribution in [0.4, 0.5) is 20.2 Å². The Bertz CT molecular complexity index is 1340. The zero-order valence-corrected chi connectivity index (χ0v) is 18.1. The summed E-state index contributed by atoms with van der Waals surface area (Å²) >= 11 is 0. The second kappa shape index (κ2) is 8.77. The molecule has 4 rings (SSSR count). The van der Waals surface area contributed by atoms with Crippen LogP contribution in [0.25, 0.3) is 22.3 Å². The third kappa shape index (κ3) is 4.71. The van der Waals surface area contributed by atoms with Crippen LogP contribution >= 0.6 is 0 Å². The van der Waals surface area contributed by atoms with Gasteiger partial charge in [0.25, 0.3) is 6.43 Å². The summed E-state index contributed by atoms with van der Waals surface area (Å²) in [5.41, 5.74) is 2.37. The Morgan fingerprint density at radius 2 is 1.79 bits per heavy atom. The number of carbonyl (C=O) groups excluding carboxylic acids is 2. The van der Waals surface area contributed by atoms with Crippen molar-refractivity contribution in [3.63, 3.8) is 0 Å². The largest absolute Gasteiger partial charge is 0.326 e. The standard InChI is InChI=1S/C22H21F2N7O2/c1-12-20-17(21(23)24)8-18(14-9-25-30(3)10-14)28-22(20)31(29-12)11-19(33)27-16-6-4-15(5-7-16)26-13(2)32/h4-10,21H,11H2,1-3H3,(H,26,32)(H,27,33). The van der Waals surface area contributed by atoms with E-state index in [0.29, 0.717) is 28.3 Å². The normalized spacial score (nSPS) is 11.2. The number of carbonyl (C=O) groups is 2. The van der Waals surface area contributed by atoms with Crippen molar-refractivity contribution in [2.75, 3.05) is 10.6 Å². The van der Waals surface area contributed by atoms with E-state index in [1.165, 1.54) is 23.9 Å². The third-order valence-corrected chi connectivity index (χ3v) is 4.93. The van der Waals surface area contributed by atoms with Gasteiger partial charge in [0.1, 0.15) is 6.54 Å². The molecule has 3 heterocycles. The average Bonchev–Trinajstić information content (AvgIpc) is 3.32.